The highest BCUT2D eigenvalue weighted by molar-refractivity contribution is 5.79. The normalized spacial score (nSPS) is 29.9. The molecule has 0 aromatic carbocycles. The summed E-state index contributed by atoms with van der Waals surface area (Å²) in [7, 11) is 0. The molecule has 9 N–H and O–H groups in total. The molecule has 18 nitrogen and oxygen atoms in total. The molecule has 1 heterocycles. The predicted molar refractivity (Wildman–Crippen MR) is 153 cm³/mol. The van der Waals surface area contributed by atoms with Crippen LogP contribution in [-0.2, 0) is 43.0 Å². The zero-order chi connectivity index (χ0) is 34.3. The third-order valence-electron chi connectivity index (χ3n) is 6.77. The van der Waals surface area contributed by atoms with Gasteiger partial charge in [-0.05, 0) is 59.3 Å². The Morgan fingerprint density at radius 3 is 0.956 bits per heavy atom. The maximum atomic E-state index is 12.3. The van der Waals surface area contributed by atoms with Crippen molar-refractivity contribution in [2.45, 2.75) is 115 Å². The Morgan fingerprint density at radius 1 is 0.511 bits per heavy atom. The maximum absolute atomic E-state index is 12.3. The van der Waals surface area contributed by atoms with Crippen LogP contribution >= 0.6 is 0 Å². The van der Waals surface area contributed by atoms with E-state index in [1.54, 1.807) is 0 Å². The fourth-order valence-electron chi connectivity index (χ4n) is 4.15. The third kappa shape index (κ3) is 15.4. The van der Waals surface area contributed by atoms with E-state index in [0.717, 1.165) is 0 Å². The molecule has 45 heavy (non-hydrogen) atoms. The van der Waals surface area contributed by atoms with Crippen LogP contribution in [0.15, 0.2) is 0 Å². The first-order valence-corrected chi connectivity index (χ1v) is 14.9. The van der Waals surface area contributed by atoms with Gasteiger partial charge < -0.3 is 31.4 Å². The summed E-state index contributed by atoms with van der Waals surface area (Å²) >= 11 is 0. The van der Waals surface area contributed by atoms with Crippen molar-refractivity contribution in [3.05, 3.63) is 0 Å². The zero-order valence-electron chi connectivity index (χ0n) is 26.0. The smallest absolute Gasteiger partial charge is 0.323 e. The van der Waals surface area contributed by atoms with E-state index in [4.69, 9.17) is 31.4 Å². The number of hydroxylamine groups is 6. The number of hydrogen-bond acceptors (Lipinski definition) is 15. The van der Waals surface area contributed by atoms with E-state index in [1.165, 1.54) is 20.8 Å². The van der Waals surface area contributed by atoms with Gasteiger partial charge in [-0.1, -0.05) is 0 Å². The van der Waals surface area contributed by atoms with Crippen molar-refractivity contribution >= 4 is 35.6 Å². The molecule has 0 aliphatic carbocycles. The molecule has 1 aliphatic rings. The van der Waals surface area contributed by atoms with E-state index in [2.05, 4.69) is 0 Å². The number of amides is 3. The molecule has 1 aliphatic heterocycles. The highest BCUT2D eigenvalue weighted by Crippen LogP contribution is 2.11. The Labute approximate surface area is 261 Å². The number of rotatable bonds is 0. The standard InChI is InChI=1S/C27H48N6O12/c1-16-13-22(34)31(40)10-5-8-20(29)26(38)44-18(3)15-24(36)33(42)12-6-9-21(30)27(39)45-17(2)14-23(35)32(41)11-4-7-19(28)25(37)43-16/h16-21,40-42H,4-15,28-30H2,1-3H3/t16-,17-,18-,19+,20+,21+/m1/s1. The number of carbonyl (C=O) groups excluding carboxylic acids is 6. The largest absolute Gasteiger partial charge is 0.461 e. The molecule has 6 atom stereocenters. The second-order valence-corrected chi connectivity index (χ2v) is 11.2. The van der Waals surface area contributed by atoms with E-state index in [1.807, 2.05) is 0 Å². The SMILES string of the molecule is C[C@@H]1CC(=O)N(O)CCC[C@H](N)C(=O)O[C@H](C)CC(=O)N(O)CCC[C@H](N)C(=O)O[C@H](C)CC(=O)N(O)CCC[C@H](N)C(=O)O1. The van der Waals surface area contributed by atoms with Gasteiger partial charge in [0.1, 0.15) is 36.4 Å². The molecular weight excluding hydrogens is 600 g/mol. The number of ether oxygens (including phenoxy) is 3. The van der Waals surface area contributed by atoms with Gasteiger partial charge in [0.2, 0.25) is 17.7 Å². The van der Waals surface area contributed by atoms with Crippen LogP contribution in [0, 0.1) is 0 Å². The summed E-state index contributed by atoms with van der Waals surface area (Å²) in [5.74, 6) is -4.72. The molecule has 3 amide bonds. The summed E-state index contributed by atoms with van der Waals surface area (Å²) in [6.45, 7) is 3.77. The summed E-state index contributed by atoms with van der Waals surface area (Å²) in [5.41, 5.74) is 17.5. The Kier molecular flexibility index (Phi) is 17.5. The molecule has 0 saturated carbocycles. The number of cyclic esters (lactones) is 3. The van der Waals surface area contributed by atoms with Crippen LogP contribution in [0.25, 0.3) is 0 Å². The Morgan fingerprint density at radius 2 is 0.733 bits per heavy atom. The molecular formula is C27H48N6O12. The third-order valence-corrected chi connectivity index (χ3v) is 6.77. The van der Waals surface area contributed by atoms with Gasteiger partial charge in [-0.15, -0.1) is 0 Å². The predicted octanol–water partition coefficient (Wildman–Crippen LogP) is -1.06. The highest BCUT2D eigenvalue weighted by atomic mass is 16.6. The van der Waals surface area contributed by atoms with Gasteiger partial charge in [0.25, 0.3) is 0 Å². The van der Waals surface area contributed by atoms with Crippen LogP contribution in [0.4, 0.5) is 0 Å². The molecule has 0 unspecified atom stereocenters. The lowest BCUT2D eigenvalue weighted by Crippen LogP contribution is -2.39. The summed E-state index contributed by atoms with van der Waals surface area (Å²) in [6.07, 6.45) is -3.41. The number of esters is 3. The van der Waals surface area contributed by atoms with Crippen LogP contribution < -0.4 is 17.2 Å². The lowest BCUT2D eigenvalue weighted by atomic mass is 10.1. The lowest BCUT2D eigenvalue weighted by molar-refractivity contribution is -0.170. The molecule has 0 radical (unpaired) electrons. The minimum atomic E-state index is -1.11. The summed E-state index contributed by atoms with van der Waals surface area (Å²) in [4.78, 5) is 73.8. The molecule has 0 aromatic heterocycles. The van der Waals surface area contributed by atoms with Gasteiger partial charge in [0, 0.05) is 19.6 Å². The first-order chi connectivity index (χ1) is 21.0. The van der Waals surface area contributed by atoms with Crippen molar-refractivity contribution in [3.8, 4) is 0 Å². The number of nitrogens with two attached hydrogens (primary N) is 3. The molecule has 0 aromatic rings. The summed E-state index contributed by atoms with van der Waals surface area (Å²) in [5, 5.41) is 31.4. The van der Waals surface area contributed by atoms with Crippen molar-refractivity contribution in [1.29, 1.82) is 0 Å². The van der Waals surface area contributed by atoms with Crippen molar-refractivity contribution in [1.82, 2.24) is 15.2 Å². The van der Waals surface area contributed by atoms with Gasteiger partial charge in [-0.25, -0.2) is 15.2 Å². The quantitative estimate of drug-likeness (QED) is 0.104. The molecule has 1 rings (SSSR count). The fraction of sp³-hybridized carbons (Fsp3) is 0.778. The molecule has 0 spiro atoms. The van der Waals surface area contributed by atoms with Crippen molar-refractivity contribution in [2.24, 2.45) is 17.2 Å². The fourth-order valence-corrected chi connectivity index (χ4v) is 4.15. The average molecular weight is 649 g/mol. The van der Waals surface area contributed by atoms with E-state index >= 15 is 0 Å². The van der Waals surface area contributed by atoms with Crippen molar-refractivity contribution < 1.29 is 58.6 Å². The molecule has 0 bridgehead atoms. The molecule has 1 fully saturated rings. The van der Waals surface area contributed by atoms with Gasteiger partial charge in [-0.2, -0.15) is 0 Å². The summed E-state index contributed by atoms with van der Waals surface area (Å²) < 4.78 is 15.5. The van der Waals surface area contributed by atoms with Crippen molar-refractivity contribution in [2.75, 3.05) is 19.6 Å². The second kappa shape index (κ2) is 19.9. The monoisotopic (exact) mass is 648 g/mol. The number of nitrogens with zero attached hydrogens (tertiary/aromatic N) is 3. The van der Waals surface area contributed by atoms with Gasteiger partial charge in [0.15, 0.2) is 0 Å². The topological polar surface area (TPSA) is 279 Å². The average Bonchev–Trinajstić information content (AvgIpc) is 2.95. The van der Waals surface area contributed by atoms with Crippen LogP contribution in [0.1, 0.15) is 78.6 Å². The molecule has 18 heteroatoms. The summed E-state index contributed by atoms with van der Waals surface area (Å²) in [6, 6.07) is -3.34. The number of hydrogen-bond donors (Lipinski definition) is 6. The van der Waals surface area contributed by atoms with Crippen LogP contribution in [0.3, 0.4) is 0 Å². The van der Waals surface area contributed by atoms with E-state index in [0.29, 0.717) is 15.2 Å². The van der Waals surface area contributed by atoms with Gasteiger partial charge in [-0.3, -0.25) is 44.4 Å². The zero-order valence-corrected chi connectivity index (χ0v) is 26.0. The first kappa shape index (κ1) is 39.6. The van der Waals surface area contributed by atoms with Crippen LogP contribution in [0.5, 0.6) is 0 Å². The second-order valence-electron chi connectivity index (χ2n) is 11.2. The Bertz CT molecular complexity index is 821. The first-order valence-electron chi connectivity index (χ1n) is 14.9. The van der Waals surface area contributed by atoms with Crippen LogP contribution in [-0.4, -0.2) is 123 Å². The molecule has 258 valence electrons. The van der Waals surface area contributed by atoms with Gasteiger partial charge in [0.05, 0.1) is 19.3 Å². The van der Waals surface area contributed by atoms with E-state index < -0.39 is 72.1 Å². The Balaban J connectivity index is 2.85. The van der Waals surface area contributed by atoms with Crippen molar-refractivity contribution in [3.63, 3.8) is 0 Å². The number of carbonyl (C=O) groups is 6. The minimum Gasteiger partial charge on any atom is -0.461 e. The highest BCUT2D eigenvalue weighted by Gasteiger charge is 2.26. The van der Waals surface area contributed by atoms with E-state index in [-0.39, 0.29) is 77.4 Å². The van der Waals surface area contributed by atoms with Crippen LogP contribution in [0.2, 0.25) is 0 Å². The minimum absolute atomic E-state index is 0.0354. The van der Waals surface area contributed by atoms with E-state index in [9.17, 15) is 44.4 Å². The van der Waals surface area contributed by atoms with Gasteiger partial charge >= 0.3 is 17.9 Å². The maximum Gasteiger partial charge on any atom is 0.323 e. The Hall–Kier alpha value is -3.42. The lowest BCUT2D eigenvalue weighted by Gasteiger charge is -2.22. The molecule has 1 saturated heterocycles.